The predicted molar refractivity (Wildman–Crippen MR) is 60.7 cm³/mol. The van der Waals surface area contributed by atoms with Crippen molar-refractivity contribution in [3.63, 3.8) is 0 Å². The molecule has 1 aliphatic heterocycles. The van der Waals surface area contributed by atoms with E-state index in [2.05, 4.69) is 27.3 Å². The highest BCUT2D eigenvalue weighted by atomic mass is 79.9. The van der Waals surface area contributed by atoms with E-state index in [-0.39, 0.29) is 6.04 Å². The zero-order valence-electron chi connectivity index (χ0n) is 7.59. The molecule has 1 aromatic rings. The van der Waals surface area contributed by atoms with Crippen LogP contribution in [0.15, 0.2) is 22.7 Å². The summed E-state index contributed by atoms with van der Waals surface area (Å²) in [6.45, 7) is 2.40. The van der Waals surface area contributed by atoms with Crippen molar-refractivity contribution in [2.75, 3.05) is 19.8 Å². The Balaban J connectivity index is 2.21. The Kier molecular flexibility index (Phi) is 3.44. The Labute approximate surface area is 96.7 Å². The zero-order valence-corrected chi connectivity index (χ0v) is 9.94. The molecular weight excluding hydrogens is 265 g/mol. The number of rotatable bonds is 1. The first kappa shape index (κ1) is 10.4. The lowest BCUT2D eigenvalue weighted by Crippen LogP contribution is -2.34. The minimum atomic E-state index is 0.263. The quantitative estimate of drug-likeness (QED) is 0.852. The van der Waals surface area contributed by atoms with Crippen LogP contribution in [0.3, 0.4) is 0 Å². The third-order valence-electron chi connectivity index (χ3n) is 2.21. The van der Waals surface area contributed by atoms with Crippen LogP contribution in [0.1, 0.15) is 11.6 Å². The van der Waals surface area contributed by atoms with Crippen LogP contribution in [0, 0.1) is 0 Å². The van der Waals surface area contributed by atoms with Gasteiger partial charge in [-0.25, -0.2) is 0 Å². The molecule has 2 rings (SSSR count). The van der Waals surface area contributed by atoms with Gasteiger partial charge in [0, 0.05) is 16.0 Å². The summed E-state index contributed by atoms with van der Waals surface area (Å²) in [5.41, 5.74) is 1.17. The molecule has 1 saturated heterocycles. The molecule has 1 fully saturated rings. The maximum atomic E-state index is 5.97. The van der Waals surface area contributed by atoms with Crippen LogP contribution < -0.4 is 5.32 Å². The highest BCUT2D eigenvalue weighted by Crippen LogP contribution is 2.24. The monoisotopic (exact) mass is 275 g/mol. The van der Waals surface area contributed by atoms with Crippen LogP contribution in [0.4, 0.5) is 0 Å². The number of nitrogens with one attached hydrogen (secondary N) is 1. The number of morpholine rings is 1. The molecule has 2 nitrogen and oxygen atoms in total. The third-order valence-corrected chi connectivity index (χ3v) is 2.88. The fourth-order valence-electron chi connectivity index (χ4n) is 1.56. The van der Waals surface area contributed by atoms with Gasteiger partial charge in [-0.2, -0.15) is 0 Å². The summed E-state index contributed by atoms with van der Waals surface area (Å²) >= 11 is 9.40. The lowest BCUT2D eigenvalue weighted by atomic mass is 10.1. The van der Waals surface area contributed by atoms with Gasteiger partial charge in [0.25, 0.3) is 0 Å². The fraction of sp³-hybridized carbons (Fsp3) is 0.400. The number of benzene rings is 1. The van der Waals surface area contributed by atoms with Crippen LogP contribution >= 0.6 is 27.5 Å². The average molecular weight is 277 g/mol. The number of halogens is 2. The van der Waals surface area contributed by atoms with E-state index >= 15 is 0 Å². The Morgan fingerprint density at radius 1 is 1.43 bits per heavy atom. The lowest BCUT2D eigenvalue weighted by Gasteiger charge is -2.24. The van der Waals surface area contributed by atoms with Gasteiger partial charge >= 0.3 is 0 Å². The van der Waals surface area contributed by atoms with Gasteiger partial charge in [-0.3, -0.25) is 0 Å². The van der Waals surface area contributed by atoms with Gasteiger partial charge in [0.1, 0.15) is 0 Å². The predicted octanol–water partition coefficient (Wildman–Crippen LogP) is 2.76. The van der Waals surface area contributed by atoms with Crippen molar-refractivity contribution in [3.8, 4) is 0 Å². The van der Waals surface area contributed by atoms with Gasteiger partial charge in [0.05, 0.1) is 19.3 Å². The molecule has 1 aromatic carbocycles. The maximum Gasteiger partial charge on any atom is 0.0662 e. The molecule has 0 aliphatic carbocycles. The first-order valence-corrected chi connectivity index (χ1v) is 5.70. The van der Waals surface area contributed by atoms with Crippen molar-refractivity contribution >= 4 is 27.5 Å². The van der Waals surface area contributed by atoms with Crippen molar-refractivity contribution < 1.29 is 4.74 Å². The largest absolute Gasteiger partial charge is 0.378 e. The summed E-state index contributed by atoms with van der Waals surface area (Å²) in [6, 6.07) is 6.18. The number of ether oxygens (including phenoxy) is 1. The lowest BCUT2D eigenvalue weighted by molar-refractivity contribution is 0.0769. The van der Waals surface area contributed by atoms with Gasteiger partial charge in [-0.15, -0.1) is 0 Å². The van der Waals surface area contributed by atoms with Gasteiger partial charge in [-0.1, -0.05) is 27.5 Å². The SMILES string of the molecule is Clc1cc(Br)cc(C2COCCN2)c1. The Hall–Kier alpha value is -0.0900. The molecule has 1 heterocycles. The van der Waals surface area contributed by atoms with Crippen molar-refractivity contribution in [3.05, 3.63) is 33.3 Å². The summed E-state index contributed by atoms with van der Waals surface area (Å²) in [5.74, 6) is 0. The number of hydrogen-bond acceptors (Lipinski definition) is 2. The van der Waals surface area contributed by atoms with E-state index in [4.69, 9.17) is 16.3 Å². The zero-order chi connectivity index (χ0) is 9.97. The Morgan fingerprint density at radius 3 is 2.93 bits per heavy atom. The van der Waals surface area contributed by atoms with Gasteiger partial charge in [-0.05, 0) is 23.8 Å². The van der Waals surface area contributed by atoms with Crippen molar-refractivity contribution in [1.82, 2.24) is 5.32 Å². The Bertz CT molecular complexity index is 306. The molecule has 4 heteroatoms. The van der Waals surface area contributed by atoms with Crippen molar-refractivity contribution in [2.45, 2.75) is 6.04 Å². The summed E-state index contributed by atoms with van der Waals surface area (Å²) < 4.78 is 6.40. The highest BCUT2D eigenvalue weighted by Gasteiger charge is 2.15. The van der Waals surface area contributed by atoms with E-state index in [0.29, 0.717) is 6.61 Å². The summed E-state index contributed by atoms with van der Waals surface area (Å²) in [5, 5.41) is 4.14. The second kappa shape index (κ2) is 4.62. The molecule has 0 radical (unpaired) electrons. The summed E-state index contributed by atoms with van der Waals surface area (Å²) in [4.78, 5) is 0. The topological polar surface area (TPSA) is 21.3 Å². The van der Waals surface area contributed by atoms with Crippen LogP contribution in [0.5, 0.6) is 0 Å². The van der Waals surface area contributed by atoms with Gasteiger partial charge < -0.3 is 10.1 Å². The molecule has 0 bridgehead atoms. The molecule has 0 amide bonds. The first-order valence-electron chi connectivity index (χ1n) is 4.53. The van der Waals surface area contributed by atoms with Crippen LogP contribution in [-0.2, 0) is 4.74 Å². The van der Waals surface area contributed by atoms with E-state index in [1.165, 1.54) is 5.56 Å². The fourth-order valence-corrected chi connectivity index (χ4v) is 2.44. The van der Waals surface area contributed by atoms with Crippen molar-refractivity contribution in [1.29, 1.82) is 0 Å². The maximum absolute atomic E-state index is 5.97. The molecular formula is C10H11BrClNO. The Morgan fingerprint density at radius 2 is 2.29 bits per heavy atom. The normalized spacial score (nSPS) is 22.3. The molecule has 0 saturated carbocycles. The van der Waals surface area contributed by atoms with Crippen molar-refractivity contribution in [2.24, 2.45) is 0 Å². The van der Waals surface area contributed by atoms with E-state index in [9.17, 15) is 0 Å². The van der Waals surface area contributed by atoms with Crippen LogP contribution in [0.2, 0.25) is 5.02 Å². The third kappa shape index (κ3) is 2.48. The van der Waals surface area contributed by atoms with Crippen LogP contribution in [0.25, 0.3) is 0 Å². The molecule has 1 unspecified atom stereocenters. The molecule has 1 aliphatic rings. The average Bonchev–Trinajstić information content (AvgIpc) is 2.18. The molecule has 0 spiro atoms. The van der Waals surface area contributed by atoms with E-state index in [0.717, 1.165) is 22.6 Å². The molecule has 76 valence electrons. The second-order valence-corrected chi connectivity index (χ2v) is 4.64. The molecule has 1 N–H and O–H groups in total. The second-order valence-electron chi connectivity index (χ2n) is 3.28. The number of hydrogen-bond donors (Lipinski definition) is 1. The van der Waals surface area contributed by atoms with E-state index in [1.807, 2.05) is 12.1 Å². The highest BCUT2D eigenvalue weighted by molar-refractivity contribution is 9.10. The molecule has 0 aromatic heterocycles. The standard InChI is InChI=1S/C10H11BrClNO/c11-8-3-7(4-9(12)5-8)10-6-14-2-1-13-10/h3-5,10,13H,1-2,6H2. The molecule has 1 atom stereocenters. The van der Waals surface area contributed by atoms with Gasteiger partial charge in [0.2, 0.25) is 0 Å². The smallest absolute Gasteiger partial charge is 0.0662 e. The minimum absolute atomic E-state index is 0.263. The van der Waals surface area contributed by atoms with E-state index in [1.54, 1.807) is 0 Å². The van der Waals surface area contributed by atoms with Gasteiger partial charge in [0.15, 0.2) is 0 Å². The first-order chi connectivity index (χ1) is 6.75. The van der Waals surface area contributed by atoms with Crippen LogP contribution in [-0.4, -0.2) is 19.8 Å². The minimum Gasteiger partial charge on any atom is -0.378 e. The summed E-state index contributed by atoms with van der Waals surface area (Å²) in [6.07, 6.45) is 0. The summed E-state index contributed by atoms with van der Waals surface area (Å²) in [7, 11) is 0. The molecule has 14 heavy (non-hydrogen) atoms. The van der Waals surface area contributed by atoms with E-state index < -0.39 is 0 Å².